The Labute approximate surface area is 184 Å². The molecular formula is C19H30ClIN6. The van der Waals surface area contributed by atoms with E-state index in [1.165, 1.54) is 0 Å². The van der Waals surface area contributed by atoms with Crippen molar-refractivity contribution in [3.05, 3.63) is 47.0 Å². The summed E-state index contributed by atoms with van der Waals surface area (Å²) in [5.74, 6) is 2.30. The number of rotatable bonds is 8. The summed E-state index contributed by atoms with van der Waals surface area (Å²) in [5, 5.41) is 15.7. The molecule has 0 fully saturated rings. The number of nitrogens with zero attached hydrogens (tertiary/aromatic N) is 4. The van der Waals surface area contributed by atoms with E-state index in [0.717, 1.165) is 48.4 Å². The lowest BCUT2D eigenvalue weighted by molar-refractivity contribution is 0.609. The summed E-state index contributed by atoms with van der Waals surface area (Å²) in [6, 6.07) is 7.99. The van der Waals surface area contributed by atoms with Crippen LogP contribution in [0.4, 0.5) is 0 Å². The van der Waals surface area contributed by atoms with E-state index in [1.54, 1.807) is 6.33 Å². The highest BCUT2D eigenvalue weighted by Gasteiger charge is 2.09. The van der Waals surface area contributed by atoms with Crippen LogP contribution in [0.1, 0.15) is 45.1 Å². The van der Waals surface area contributed by atoms with E-state index in [9.17, 15) is 0 Å². The quantitative estimate of drug-likeness (QED) is 0.323. The molecule has 150 valence electrons. The lowest BCUT2D eigenvalue weighted by atomic mass is 10.1. The highest BCUT2D eigenvalue weighted by Crippen LogP contribution is 2.17. The first-order valence-electron chi connectivity index (χ1n) is 9.16. The number of guanidine groups is 1. The second-order valence-electron chi connectivity index (χ2n) is 6.73. The third-order valence-corrected chi connectivity index (χ3v) is 4.21. The Balaban J connectivity index is 0.00000364. The Morgan fingerprint density at radius 3 is 2.74 bits per heavy atom. The van der Waals surface area contributed by atoms with E-state index in [2.05, 4.69) is 59.2 Å². The number of benzene rings is 1. The van der Waals surface area contributed by atoms with Crippen LogP contribution in [-0.4, -0.2) is 33.8 Å². The zero-order valence-corrected chi connectivity index (χ0v) is 19.5. The second-order valence-corrected chi connectivity index (χ2v) is 7.16. The molecule has 1 unspecified atom stereocenters. The molecule has 8 heteroatoms. The van der Waals surface area contributed by atoms with Crippen LogP contribution in [0, 0.1) is 5.92 Å². The first-order valence-corrected chi connectivity index (χ1v) is 9.54. The Bertz CT molecular complexity index is 716. The minimum absolute atomic E-state index is 0. The monoisotopic (exact) mass is 504 g/mol. The Hall–Kier alpha value is -1.35. The summed E-state index contributed by atoms with van der Waals surface area (Å²) >= 11 is 6.11. The fourth-order valence-corrected chi connectivity index (χ4v) is 2.72. The van der Waals surface area contributed by atoms with Gasteiger partial charge in [-0.05, 0) is 30.5 Å². The predicted molar refractivity (Wildman–Crippen MR) is 123 cm³/mol. The highest BCUT2D eigenvalue weighted by atomic mass is 127. The minimum Gasteiger partial charge on any atom is -0.355 e. The number of aryl methyl sites for hydroxylation is 1. The number of hydrogen-bond acceptors (Lipinski definition) is 3. The van der Waals surface area contributed by atoms with Crippen LogP contribution in [0.25, 0.3) is 0 Å². The van der Waals surface area contributed by atoms with Crippen molar-refractivity contribution in [3.8, 4) is 0 Å². The molecule has 0 spiro atoms. The largest absolute Gasteiger partial charge is 0.355 e. The van der Waals surface area contributed by atoms with Crippen molar-refractivity contribution >= 4 is 41.5 Å². The standard InChI is InChI=1S/C19H29ClN6.HI/c1-5-18-25-23-13-26(18)10-9-21-19(22-12-14(2)3)24-15(4)16-7-6-8-17(20)11-16;/h6-8,11,13-15H,5,9-10,12H2,1-4H3,(H2,21,22,24);1H. The maximum atomic E-state index is 6.11. The van der Waals surface area contributed by atoms with Crippen molar-refractivity contribution < 1.29 is 0 Å². The number of hydrogen-bond donors (Lipinski definition) is 2. The number of halogens is 2. The summed E-state index contributed by atoms with van der Waals surface area (Å²) < 4.78 is 2.06. The second kappa shape index (κ2) is 12.2. The van der Waals surface area contributed by atoms with Gasteiger partial charge in [0.05, 0.1) is 6.04 Å². The molecule has 27 heavy (non-hydrogen) atoms. The van der Waals surface area contributed by atoms with E-state index >= 15 is 0 Å². The lowest BCUT2D eigenvalue weighted by Crippen LogP contribution is -2.40. The summed E-state index contributed by atoms with van der Waals surface area (Å²) in [6.45, 7) is 10.8. The molecule has 2 N–H and O–H groups in total. The maximum Gasteiger partial charge on any atom is 0.191 e. The molecule has 0 amide bonds. The van der Waals surface area contributed by atoms with Gasteiger partial charge in [-0.3, -0.25) is 4.99 Å². The average Bonchev–Trinajstić information content (AvgIpc) is 3.06. The molecule has 1 atom stereocenters. The van der Waals surface area contributed by atoms with Gasteiger partial charge in [-0.1, -0.05) is 44.5 Å². The van der Waals surface area contributed by atoms with Gasteiger partial charge in [-0.25, -0.2) is 0 Å². The molecule has 1 heterocycles. The van der Waals surface area contributed by atoms with Crippen LogP contribution >= 0.6 is 35.6 Å². The molecule has 0 aliphatic heterocycles. The third kappa shape index (κ3) is 8.04. The molecule has 1 aromatic heterocycles. The molecule has 0 aliphatic rings. The number of aromatic nitrogens is 3. The molecule has 0 radical (unpaired) electrons. The molecule has 0 saturated carbocycles. The van der Waals surface area contributed by atoms with Crippen LogP contribution < -0.4 is 10.6 Å². The van der Waals surface area contributed by atoms with Gasteiger partial charge in [-0.15, -0.1) is 34.2 Å². The zero-order chi connectivity index (χ0) is 18.9. The van der Waals surface area contributed by atoms with Crippen molar-refractivity contribution in [1.29, 1.82) is 0 Å². The van der Waals surface area contributed by atoms with Crippen LogP contribution in [0.3, 0.4) is 0 Å². The van der Waals surface area contributed by atoms with Gasteiger partial charge < -0.3 is 15.2 Å². The van der Waals surface area contributed by atoms with Gasteiger partial charge >= 0.3 is 0 Å². The van der Waals surface area contributed by atoms with Crippen LogP contribution in [0.5, 0.6) is 0 Å². The first-order chi connectivity index (χ1) is 12.5. The zero-order valence-electron chi connectivity index (χ0n) is 16.4. The van der Waals surface area contributed by atoms with Gasteiger partial charge in [-0.2, -0.15) is 0 Å². The third-order valence-electron chi connectivity index (χ3n) is 3.97. The van der Waals surface area contributed by atoms with Crippen molar-refractivity contribution in [2.24, 2.45) is 10.9 Å². The first kappa shape index (κ1) is 23.7. The lowest BCUT2D eigenvalue weighted by Gasteiger charge is -2.19. The van der Waals surface area contributed by atoms with Crippen LogP contribution in [0.15, 0.2) is 35.6 Å². The Morgan fingerprint density at radius 1 is 1.30 bits per heavy atom. The fraction of sp³-hybridized carbons (Fsp3) is 0.526. The summed E-state index contributed by atoms with van der Waals surface area (Å²) in [4.78, 5) is 4.69. The molecule has 1 aromatic carbocycles. The van der Waals surface area contributed by atoms with E-state index < -0.39 is 0 Å². The maximum absolute atomic E-state index is 6.11. The van der Waals surface area contributed by atoms with Crippen LogP contribution in [-0.2, 0) is 13.0 Å². The van der Waals surface area contributed by atoms with E-state index in [1.807, 2.05) is 18.2 Å². The topological polar surface area (TPSA) is 67.1 Å². The molecule has 6 nitrogen and oxygen atoms in total. The van der Waals surface area contributed by atoms with Gasteiger partial charge in [0.25, 0.3) is 0 Å². The number of nitrogens with one attached hydrogen (secondary N) is 2. The number of aliphatic imine (C=N–C) groups is 1. The van der Waals surface area contributed by atoms with Crippen molar-refractivity contribution in [2.75, 3.05) is 13.1 Å². The van der Waals surface area contributed by atoms with E-state index in [4.69, 9.17) is 16.6 Å². The van der Waals surface area contributed by atoms with Gasteiger partial charge in [0.2, 0.25) is 0 Å². The van der Waals surface area contributed by atoms with Gasteiger partial charge in [0, 0.05) is 31.1 Å². The predicted octanol–water partition coefficient (Wildman–Crippen LogP) is 4.06. The summed E-state index contributed by atoms with van der Waals surface area (Å²) in [5.41, 5.74) is 1.13. The fourth-order valence-electron chi connectivity index (χ4n) is 2.53. The molecule has 2 rings (SSSR count). The summed E-state index contributed by atoms with van der Waals surface area (Å²) in [7, 11) is 0. The normalized spacial score (nSPS) is 12.6. The highest BCUT2D eigenvalue weighted by molar-refractivity contribution is 14.0. The minimum atomic E-state index is 0. The van der Waals surface area contributed by atoms with Crippen LogP contribution in [0.2, 0.25) is 5.02 Å². The van der Waals surface area contributed by atoms with Crippen molar-refractivity contribution in [2.45, 2.75) is 46.7 Å². The smallest absolute Gasteiger partial charge is 0.191 e. The molecule has 0 bridgehead atoms. The van der Waals surface area contributed by atoms with Crippen molar-refractivity contribution in [1.82, 2.24) is 25.4 Å². The Kier molecular flexibility index (Phi) is 10.7. The average molecular weight is 505 g/mol. The SMILES string of the molecule is CCc1nncn1CCNC(=NCC(C)C)NC(C)c1cccc(Cl)c1.I. The van der Waals surface area contributed by atoms with Gasteiger partial charge in [0.15, 0.2) is 5.96 Å². The van der Waals surface area contributed by atoms with E-state index in [-0.39, 0.29) is 30.0 Å². The molecule has 0 aliphatic carbocycles. The van der Waals surface area contributed by atoms with Crippen molar-refractivity contribution in [3.63, 3.8) is 0 Å². The van der Waals surface area contributed by atoms with E-state index in [0.29, 0.717) is 5.92 Å². The Morgan fingerprint density at radius 2 is 2.07 bits per heavy atom. The molecule has 0 saturated heterocycles. The molecule has 2 aromatic rings. The van der Waals surface area contributed by atoms with Gasteiger partial charge in [0.1, 0.15) is 12.2 Å². The molecular weight excluding hydrogens is 475 g/mol. The summed E-state index contributed by atoms with van der Waals surface area (Å²) in [6.07, 6.45) is 2.64.